The van der Waals surface area contributed by atoms with Crippen LogP contribution < -0.4 is 15.4 Å². The van der Waals surface area contributed by atoms with Gasteiger partial charge in [0.2, 0.25) is 0 Å². The molecular weight excluding hydrogens is 519 g/mol. The molecule has 3 rings (SSSR count). The minimum absolute atomic E-state index is 0. The molecule has 0 amide bonds. The highest BCUT2D eigenvalue weighted by molar-refractivity contribution is 14.0. The van der Waals surface area contributed by atoms with Crippen molar-refractivity contribution < 1.29 is 9.47 Å². The normalized spacial score (nSPS) is 15.3. The van der Waals surface area contributed by atoms with E-state index >= 15 is 0 Å². The van der Waals surface area contributed by atoms with Gasteiger partial charge in [0, 0.05) is 31.9 Å². The fourth-order valence-corrected chi connectivity index (χ4v) is 4.08. The fraction of sp³-hybridized carbons (Fsp3) is 0.609. The second-order valence-corrected chi connectivity index (χ2v) is 8.04. The number of ether oxygens (including phenoxy) is 2. The number of aromatic amines is 1. The minimum atomic E-state index is 0. The molecule has 2 aromatic rings. The monoisotopic (exact) mass is 556 g/mol. The molecule has 0 spiro atoms. The molecule has 9 heteroatoms. The van der Waals surface area contributed by atoms with Crippen LogP contribution in [0.1, 0.15) is 51.8 Å². The smallest absolute Gasteiger partial charge is 0.191 e. The standard InChI is InChI=1S/C23H36N6O2.HI/c1-4-24-22(26-17-23(12-6-7-13-23)14-15-31-5-2)25-16-20-27-21(29-28-20)18-8-10-19(30-3)11-9-18;/h8-11H,4-7,12-17H2,1-3H3,(H2,24,25,26)(H,27,28,29);1H. The molecule has 178 valence electrons. The van der Waals surface area contributed by atoms with Crippen molar-refractivity contribution in [1.29, 1.82) is 0 Å². The number of hydrogen-bond donors (Lipinski definition) is 3. The first kappa shape index (κ1) is 26.4. The first-order valence-corrected chi connectivity index (χ1v) is 11.3. The summed E-state index contributed by atoms with van der Waals surface area (Å²) in [5.41, 5.74) is 1.24. The number of aliphatic imine (C=N–C) groups is 1. The second kappa shape index (κ2) is 13.6. The zero-order valence-corrected chi connectivity index (χ0v) is 21.8. The van der Waals surface area contributed by atoms with Crippen molar-refractivity contribution in [3.8, 4) is 17.1 Å². The summed E-state index contributed by atoms with van der Waals surface area (Å²) >= 11 is 0. The highest BCUT2D eigenvalue weighted by Crippen LogP contribution is 2.40. The quantitative estimate of drug-likeness (QED) is 0.167. The number of methoxy groups -OCH3 is 1. The second-order valence-electron chi connectivity index (χ2n) is 8.04. The van der Waals surface area contributed by atoms with E-state index in [1.807, 2.05) is 24.3 Å². The molecule has 1 heterocycles. The SMILES string of the molecule is CCNC(=NCc1nc(-c2ccc(OC)cc2)n[nH]1)NCC1(CCOCC)CCCC1.I. The predicted molar refractivity (Wildman–Crippen MR) is 139 cm³/mol. The molecule has 1 aromatic heterocycles. The molecule has 0 radical (unpaired) electrons. The van der Waals surface area contributed by atoms with Gasteiger partial charge < -0.3 is 20.1 Å². The van der Waals surface area contributed by atoms with Crippen molar-refractivity contribution in [2.75, 3.05) is 33.4 Å². The van der Waals surface area contributed by atoms with E-state index in [-0.39, 0.29) is 24.0 Å². The van der Waals surface area contributed by atoms with E-state index in [9.17, 15) is 0 Å². The maximum atomic E-state index is 5.63. The van der Waals surface area contributed by atoms with E-state index in [1.54, 1.807) is 7.11 Å². The van der Waals surface area contributed by atoms with Gasteiger partial charge in [-0.3, -0.25) is 5.10 Å². The molecular formula is C23H37IN6O2. The lowest BCUT2D eigenvalue weighted by molar-refractivity contribution is 0.105. The zero-order chi connectivity index (χ0) is 21.9. The molecule has 0 bridgehead atoms. The van der Waals surface area contributed by atoms with Crippen LogP contribution in [0.25, 0.3) is 11.4 Å². The molecule has 1 aliphatic carbocycles. The van der Waals surface area contributed by atoms with Crippen molar-refractivity contribution >= 4 is 29.9 Å². The molecule has 8 nitrogen and oxygen atoms in total. The van der Waals surface area contributed by atoms with Gasteiger partial charge in [0.05, 0.1) is 7.11 Å². The van der Waals surface area contributed by atoms with E-state index in [0.717, 1.165) is 55.8 Å². The third kappa shape index (κ3) is 7.61. The summed E-state index contributed by atoms with van der Waals surface area (Å²) in [6.07, 6.45) is 6.20. The van der Waals surface area contributed by atoms with Gasteiger partial charge in [-0.2, -0.15) is 5.10 Å². The molecule has 32 heavy (non-hydrogen) atoms. The number of benzene rings is 1. The highest BCUT2D eigenvalue weighted by Gasteiger charge is 2.33. The third-order valence-electron chi connectivity index (χ3n) is 5.89. The number of rotatable bonds is 11. The van der Waals surface area contributed by atoms with Crippen molar-refractivity contribution in [3.63, 3.8) is 0 Å². The van der Waals surface area contributed by atoms with E-state index in [1.165, 1.54) is 25.7 Å². The van der Waals surface area contributed by atoms with E-state index in [2.05, 4.69) is 39.7 Å². The molecule has 0 unspecified atom stereocenters. The zero-order valence-electron chi connectivity index (χ0n) is 19.4. The Morgan fingerprint density at radius 2 is 1.91 bits per heavy atom. The lowest BCUT2D eigenvalue weighted by Crippen LogP contribution is -2.43. The molecule has 0 saturated heterocycles. The van der Waals surface area contributed by atoms with Gasteiger partial charge in [-0.05, 0) is 62.8 Å². The van der Waals surface area contributed by atoms with Crippen molar-refractivity contribution in [2.45, 2.75) is 52.5 Å². The Labute approximate surface area is 208 Å². The van der Waals surface area contributed by atoms with Crippen LogP contribution in [0.5, 0.6) is 5.75 Å². The van der Waals surface area contributed by atoms with Crippen LogP contribution >= 0.6 is 24.0 Å². The first-order valence-electron chi connectivity index (χ1n) is 11.3. The fourth-order valence-electron chi connectivity index (χ4n) is 4.08. The third-order valence-corrected chi connectivity index (χ3v) is 5.89. The Bertz CT molecular complexity index is 818. The Morgan fingerprint density at radius 1 is 1.16 bits per heavy atom. The molecule has 0 aliphatic heterocycles. The summed E-state index contributed by atoms with van der Waals surface area (Å²) in [4.78, 5) is 9.30. The summed E-state index contributed by atoms with van der Waals surface area (Å²) in [6, 6.07) is 7.70. The van der Waals surface area contributed by atoms with Crippen LogP contribution in [0, 0.1) is 5.41 Å². The molecule has 3 N–H and O–H groups in total. The van der Waals surface area contributed by atoms with Crippen LogP contribution in [0.4, 0.5) is 0 Å². The summed E-state index contributed by atoms with van der Waals surface area (Å²) in [6.45, 7) is 7.91. The van der Waals surface area contributed by atoms with Crippen molar-refractivity contribution in [3.05, 3.63) is 30.1 Å². The number of guanidine groups is 1. The Hall–Kier alpha value is -1.88. The average Bonchev–Trinajstić information content (AvgIpc) is 3.46. The van der Waals surface area contributed by atoms with E-state index in [4.69, 9.17) is 14.5 Å². The predicted octanol–water partition coefficient (Wildman–Crippen LogP) is 4.14. The first-order chi connectivity index (χ1) is 15.2. The number of nitrogens with one attached hydrogen (secondary N) is 3. The summed E-state index contributed by atoms with van der Waals surface area (Å²) in [5.74, 6) is 3.01. The molecule has 1 aromatic carbocycles. The molecule has 1 fully saturated rings. The van der Waals surface area contributed by atoms with Crippen LogP contribution in [-0.4, -0.2) is 54.6 Å². The van der Waals surface area contributed by atoms with Crippen LogP contribution in [0.2, 0.25) is 0 Å². The lowest BCUT2D eigenvalue weighted by atomic mass is 9.83. The molecule has 1 aliphatic rings. The van der Waals surface area contributed by atoms with Crippen LogP contribution in [0.3, 0.4) is 0 Å². The Kier molecular flexibility index (Phi) is 11.2. The number of halogens is 1. The van der Waals surface area contributed by atoms with Crippen molar-refractivity contribution in [1.82, 2.24) is 25.8 Å². The maximum Gasteiger partial charge on any atom is 0.191 e. The number of nitrogens with zero attached hydrogens (tertiary/aromatic N) is 3. The lowest BCUT2D eigenvalue weighted by Gasteiger charge is -2.30. The largest absolute Gasteiger partial charge is 0.497 e. The summed E-state index contributed by atoms with van der Waals surface area (Å²) in [7, 11) is 1.65. The van der Waals surface area contributed by atoms with Crippen LogP contribution in [-0.2, 0) is 11.3 Å². The van der Waals surface area contributed by atoms with Gasteiger partial charge >= 0.3 is 0 Å². The van der Waals surface area contributed by atoms with Gasteiger partial charge in [0.15, 0.2) is 11.8 Å². The average molecular weight is 556 g/mol. The topological polar surface area (TPSA) is 96.5 Å². The van der Waals surface area contributed by atoms with Gasteiger partial charge in [0.1, 0.15) is 18.1 Å². The molecule has 0 atom stereocenters. The van der Waals surface area contributed by atoms with Gasteiger partial charge in [-0.1, -0.05) is 12.8 Å². The number of aromatic nitrogens is 3. The number of hydrogen-bond acceptors (Lipinski definition) is 5. The van der Waals surface area contributed by atoms with Gasteiger partial charge in [0.25, 0.3) is 0 Å². The van der Waals surface area contributed by atoms with Crippen molar-refractivity contribution in [2.24, 2.45) is 10.4 Å². The van der Waals surface area contributed by atoms with Gasteiger partial charge in [-0.15, -0.1) is 24.0 Å². The van der Waals surface area contributed by atoms with E-state index in [0.29, 0.717) is 17.8 Å². The van der Waals surface area contributed by atoms with Crippen LogP contribution in [0.15, 0.2) is 29.3 Å². The molecule has 1 saturated carbocycles. The Balaban J connectivity index is 0.00000363. The minimum Gasteiger partial charge on any atom is -0.497 e. The summed E-state index contributed by atoms with van der Waals surface area (Å²) in [5, 5.41) is 14.2. The Morgan fingerprint density at radius 3 is 2.56 bits per heavy atom. The number of H-pyrrole nitrogens is 1. The summed E-state index contributed by atoms with van der Waals surface area (Å²) < 4.78 is 10.8. The maximum absolute atomic E-state index is 5.63. The van der Waals surface area contributed by atoms with E-state index < -0.39 is 0 Å². The highest BCUT2D eigenvalue weighted by atomic mass is 127. The van der Waals surface area contributed by atoms with Gasteiger partial charge in [-0.25, -0.2) is 9.98 Å².